The molecule has 0 aromatic heterocycles. The summed E-state index contributed by atoms with van der Waals surface area (Å²) in [7, 11) is 0. The molecule has 0 aliphatic carbocycles. The van der Waals surface area contributed by atoms with E-state index in [9.17, 15) is 18.0 Å². The van der Waals surface area contributed by atoms with Gasteiger partial charge >= 0.3 is 12.1 Å². The van der Waals surface area contributed by atoms with Crippen LogP contribution in [0.5, 0.6) is 0 Å². The summed E-state index contributed by atoms with van der Waals surface area (Å²) in [5, 5.41) is 10.8. The van der Waals surface area contributed by atoms with Gasteiger partial charge in [0.1, 0.15) is 0 Å². The lowest BCUT2D eigenvalue weighted by molar-refractivity contribution is -0.192. The van der Waals surface area contributed by atoms with Crippen molar-refractivity contribution in [3.05, 3.63) is 0 Å². The second-order valence-electron chi connectivity index (χ2n) is 2.63. The van der Waals surface area contributed by atoms with Gasteiger partial charge < -0.3 is 10.4 Å². The van der Waals surface area contributed by atoms with Crippen molar-refractivity contribution < 1.29 is 23.1 Å². The van der Waals surface area contributed by atoms with Crippen molar-refractivity contribution in [2.24, 2.45) is 5.92 Å². The van der Waals surface area contributed by atoms with Crippen molar-refractivity contribution in [3.63, 3.8) is 0 Å². The number of rotatable bonds is 6. The van der Waals surface area contributed by atoms with Crippen LogP contribution in [0, 0.1) is 5.92 Å². The topological polar surface area (TPSA) is 49.3 Å². The molecule has 1 atom stereocenters. The van der Waals surface area contributed by atoms with Gasteiger partial charge in [-0.2, -0.15) is 24.9 Å². The molecule has 0 rings (SSSR count). The number of hydrogen-bond donors (Lipinski definition) is 2. The van der Waals surface area contributed by atoms with Crippen LogP contribution in [-0.4, -0.2) is 42.4 Å². The maximum atomic E-state index is 12.1. The Labute approximate surface area is 84.1 Å². The highest BCUT2D eigenvalue weighted by Crippen LogP contribution is 2.25. The van der Waals surface area contributed by atoms with Gasteiger partial charge in [-0.25, -0.2) is 0 Å². The lowest BCUT2D eigenvalue weighted by Crippen LogP contribution is -2.39. The minimum atomic E-state index is -4.68. The molecule has 0 fully saturated rings. The lowest BCUT2D eigenvalue weighted by Gasteiger charge is -2.16. The molecule has 0 aliphatic heterocycles. The average molecular weight is 231 g/mol. The molecule has 84 valence electrons. The van der Waals surface area contributed by atoms with E-state index in [-0.39, 0.29) is 0 Å². The minimum absolute atomic E-state index is 0.376. The molecule has 2 N–H and O–H groups in total. The maximum absolute atomic E-state index is 12.1. The molecule has 1 unspecified atom stereocenters. The minimum Gasteiger partial charge on any atom is -0.481 e. The average Bonchev–Trinajstić information content (AvgIpc) is 2.01. The summed E-state index contributed by atoms with van der Waals surface area (Å²) in [6.45, 7) is -0.194. The Morgan fingerprint density at radius 3 is 2.50 bits per heavy atom. The molecule has 0 aliphatic rings. The molecule has 0 aromatic carbocycles. The van der Waals surface area contributed by atoms with Crippen molar-refractivity contribution in [1.29, 1.82) is 0 Å². The van der Waals surface area contributed by atoms with Crippen LogP contribution in [-0.2, 0) is 4.79 Å². The Morgan fingerprint density at radius 2 is 2.14 bits per heavy atom. The fourth-order valence-corrected chi connectivity index (χ4v) is 1.11. The molecule has 0 heterocycles. The second-order valence-corrected chi connectivity index (χ2v) is 3.61. The monoisotopic (exact) mass is 231 g/mol. The fourth-order valence-electron chi connectivity index (χ4n) is 0.764. The number of carboxylic acids is 1. The summed E-state index contributed by atoms with van der Waals surface area (Å²) in [6, 6.07) is 0. The Hall–Kier alpha value is -0.430. The summed E-state index contributed by atoms with van der Waals surface area (Å²) in [5.74, 6) is -3.50. The number of thioether (sulfide) groups is 1. The van der Waals surface area contributed by atoms with Crippen LogP contribution >= 0.6 is 11.8 Å². The van der Waals surface area contributed by atoms with Gasteiger partial charge in [0, 0.05) is 18.8 Å². The largest absolute Gasteiger partial charge is 0.481 e. The molecule has 0 saturated carbocycles. The van der Waals surface area contributed by atoms with Crippen LogP contribution in [0.25, 0.3) is 0 Å². The number of hydrogen-bond acceptors (Lipinski definition) is 3. The molecular weight excluding hydrogens is 219 g/mol. The number of aliphatic carboxylic acids is 1. The molecule has 7 heteroatoms. The highest BCUT2D eigenvalue weighted by Gasteiger charge is 2.44. The quantitative estimate of drug-likeness (QED) is 0.674. The summed E-state index contributed by atoms with van der Waals surface area (Å²) in [4.78, 5) is 10.2. The first-order valence-corrected chi connectivity index (χ1v) is 5.28. The Morgan fingerprint density at radius 1 is 1.57 bits per heavy atom. The van der Waals surface area contributed by atoms with Crippen LogP contribution < -0.4 is 5.32 Å². The molecule has 3 nitrogen and oxygen atoms in total. The zero-order valence-electron chi connectivity index (χ0n) is 7.60. The first-order chi connectivity index (χ1) is 6.39. The van der Waals surface area contributed by atoms with E-state index in [0.717, 1.165) is 0 Å². The standard InChI is InChI=1S/C7H12F3NO2S/c1-14-3-2-11-4-5(6(12)13)7(8,9)10/h5,11H,2-4H2,1H3,(H,12,13). The van der Waals surface area contributed by atoms with Crippen molar-refractivity contribution in [3.8, 4) is 0 Å². The lowest BCUT2D eigenvalue weighted by atomic mass is 10.1. The van der Waals surface area contributed by atoms with E-state index in [1.165, 1.54) is 11.8 Å². The van der Waals surface area contributed by atoms with Crippen molar-refractivity contribution >= 4 is 17.7 Å². The van der Waals surface area contributed by atoms with E-state index in [0.29, 0.717) is 12.3 Å². The normalized spacial score (nSPS) is 14.0. The van der Waals surface area contributed by atoms with Gasteiger partial charge in [0.2, 0.25) is 0 Å². The first-order valence-electron chi connectivity index (χ1n) is 3.88. The third-order valence-electron chi connectivity index (χ3n) is 1.52. The SMILES string of the molecule is CSCCNCC(C(=O)O)C(F)(F)F. The molecular formula is C7H12F3NO2S. The Bertz CT molecular complexity index is 186. The summed E-state index contributed by atoms with van der Waals surface area (Å²) in [6.07, 6.45) is -2.86. The smallest absolute Gasteiger partial charge is 0.403 e. The predicted molar refractivity (Wildman–Crippen MR) is 48.4 cm³/mol. The van der Waals surface area contributed by atoms with Crippen LogP contribution in [0.4, 0.5) is 13.2 Å². The maximum Gasteiger partial charge on any atom is 0.403 e. The van der Waals surface area contributed by atoms with E-state index in [2.05, 4.69) is 5.32 Å². The third kappa shape index (κ3) is 5.33. The number of nitrogens with one attached hydrogen (secondary N) is 1. The van der Waals surface area contributed by atoms with Gasteiger partial charge in [0.05, 0.1) is 0 Å². The predicted octanol–water partition coefficient (Wildman–Crippen LogP) is 1.20. The molecule has 0 amide bonds. The third-order valence-corrected chi connectivity index (χ3v) is 2.14. The Kier molecular flexibility index (Phi) is 5.94. The number of halogens is 3. The van der Waals surface area contributed by atoms with Crippen molar-refractivity contribution in [1.82, 2.24) is 5.32 Å². The first kappa shape index (κ1) is 13.6. The molecule has 0 spiro atoms. The van der Waals surface area contributed by atoms with E-state index in [1.54, 1.807) is 0 Å². The van der Waals surface area contributed by atoms with Gasteiger partial charge in [0.15, 0.2) is 5.92 Å². The highest BCUT2D eigenvalue weighted by atomic mass is 32.2. The number of carbonyl (C=O) groups is 1. The highest BCUT2D eigenvalue weighted by molar-refractivity contribution is 7.98. The van der Waals surface area contributed by atoms with Gasteiger partial charge in [-0.05, 0) is 6.26 Å². The Balaban J connectivity index is 3.94. The zero-order valence-corrected chi connectivity index (χ0v) is 8.41. The summed E-state index contributed by atoms with van der Waals surface area (Å²) in [5.41, 5.74) is 0. The molecule has 0 saturated heterocycles. The van der Waals surface area contributed by atoms with Crippen LogP contribution in [0.15, 0.2) is 0 Å². The fraction of sp³-hybridized carbons (Fsp3) is 0.857. The van der Waals surface area contributed by atoms with E-state index in [1.807, 2.05) is 6.26 Å². The number of alkyl halides is 3. The second kappa shape index (κ2) is 6.13. The van der Waals surface area contributed by atoms with Crippen LogP contribution in [0.1, 0.15) is 0 Å². The van der Waals surface area contributed by atoms with Gasteiger partial charge in [-0.3, -0.25) is 4.79 Å². The van der Waals surface area contributed by atoms with Crippen molar-refractivity contribution in [2.45, 2.75) is 6.18 Å². The van der Waals surface area contributed by atoms with Gasteiger partial charge in [-0.15, -0.1) is 0 Å². The zero-order chi connectivity index (χ0) is 11.2. The van der Waals surface area contributed by atoms with E-state index in [4.69, 9.17) is 5.11 Å². The van der Waals surface area contributed by atoms with E-state index < -0.39 is 24.6 Å². The number of carboxylic acid groups (broad SMARTS) is 1. The molecule has 0 aromatic rings. The van der Waals surface area contributed by atoms with Crippen LogP contribution in [0.2, 0.25) is 0 Å². The van der Waals surface area contributed by atoms with Crippen LogP contribution in [0.3, 0.4) is 0 Å². The molecule has 0 bridgehead atoms. The van der Waals surface area contributed by atoms with E-state index >= 15 is 0 Å². The summed E-state index contributed by atoms with van der Waals surface area (Å²) < 4.78 is 36.2. The van der Waals surface area contributed by atoms with Gasteiger partial charge in [0.25, 0.3) is 0 Å². The van der Waals surface area contributed by atoms with Gasteiger partial charge in [-0.1, -0.05) is 0 Å². The summed E-state index contributed by atoms with van der Waals surface area (Å²) >= 11 is 1.48. The molecule has 0 radical (unpaired) electrons. The van der Waals surface area contributed by atoms with Crippen molar-refractivity contribution in [2.75, 3.05) is 25.1 Å². The molecule has 14 heavy (non-hydrogen) atoms.